The molecular weight excluding hydrogens is 236 g/mol. The Morgan fingerprint density at radius 3 is 2.32 bits per heavy atom. The van der Waals surface area contributed by atoms with E-state index in [-0.39, 0.29) is 0 Å². The summed E-state index contributed by atoms with van der Waals surface area (Å²) in [5.74, 6) is 1.52. The SMILES string of the molecule is CCC(CC)N(CC(C)C)c1ncccc1C(C)O. The number of hydrogen-bond donors (Lipinski definition) is 1. The molecule has 0 spiro atoms. The van der Waals surface area contributed by atoms with Gasteiger partial charge in [-0.15, -0.1) is 0 Å². The molecule has 1 unspecified atom stereocenters. The zero-order valence-electron chi connectivity index (χ0n) is 12.9. The number of anilines is 1. The molecule has 0 saturated heterocycles. The van der Waals surface area contributed by atoms with Crippen LogP contribution < -0.4 is 4.90 Å². The lowest BCUT2D eigenvalue weighted by Gasteiger charge is -2.34. The highest BCUT2D eigenvalue weighted by Crippen LogP contribution is 2.27. The fraction of sp³-hybridized carbons (Fsp3) is 0.688. The second kappa shape index (κ2) is 7.49. The zero-order chi connectivity index (χ0) is 14.4. The van der Waals surface area contributed by atoms with Crippen LogP contribution in [0.2, 0.25) is 0 Å². The average molecular weight is 264 g/mol. The van der Waals surface area contributed by atoms with E-state index in [0.29, 0.717) is 12.0 Å². The molecule has 0 aliphatic rings. The van der Waals surface area contributed by atoms with Crippen molar-refractivity contribution in [3.8, 4) is 0 Å². The van der Waals surface area contributed by atoms with E-state index in [1.54, 1.807) is 6.92 Å². The van der Waals surface area contributed by atoms with Crippen molar-refractivity contribution in [2.45, 2.75) is 59.6 Å². The second-order valence-corrected chi connectivity index (χ2v) is 5.61. The molecule has 0 aromatic carbocycles. The van der Waals surface area contributed by atoms with E-state index in [4.69, 9.17) is 0 Å². The quantitative estimate of drug-likeness (QED) is 0.814. The van der Waals surface area contributed by atoms with E-state index in [2.05, 4.69) is 37.6 Å². The van der Waals surface area contributed by atoms with Crippen LogP contribution in [0.4, 0.5) is 5.82 Å². The molecule has 0 bridgehead atoms. The minimum absolute atomic E-state index is 0.479. The largest absolute Gasteiger partial charge is 0.389 e. The second-order valence-electron chi connectivity index (χ2n) is 5.61. The van der Waals surface area contributed by atoms with Crippen LogP contribution in [-0.2, 0) is 0 Å². The predicted molar refractivity (Wildman–Crippen MR) is 81.4 cm³/mol. The number of rotatable bonds is 7. The molecule has 1 aromatic rings. The van der Waals surface area contributed by atoms with Crippen LogP contribution in [0.5, 0.6) is 0 Å². The summed E-state index contributed by atoms with van der Waals surface area (Å²) in [6, 6.07) is 4.35. The van der Waals surface area contributed by atoms with Crippen LogP contribution in [-0.4, -0.2) is 22.7 Å². The Bertz CT molecular complexity index is 373. The highest BCUT2D eigenvalue weighted by Gasteiger charge is 2.22. The van der Waals surface area contributed by atoms with Gasteiger partial charge in [-0.1, -0.05) is 33.8 Å². The Morgan fingerprint density at radius 2 is 1.84 bits per heavy atom. The molecule has 1 rings (SSSR count). The molecule has 19 heavy (non-hydrogen) atoms. The Kier molecular flexibility index (Phi) is 6.29. The highest BCUT2D eigenvalue weighted by molar-refractivity contribution is 5.48. The number of pyridine rings is 1. The molecule has 0 saturated carbocycles. The van der Waals surface area contributed by atoms with E-state index in [1.807, 2.05) is 18.3 Å². The first-order valence-corrected chi connectivity index (χ1v) is 7.40. The topological polar surface area (TPSA) is 36.4 Å². The van der Waals surface area contributed by atoms with Gasteiger partial charge in [0.05, 0.1) is 6.10 Å². The smallest absolute Gasteiger partial charge is 0.134 e. The van der Waals surface area contributed by atoms with Crippen LogP contribution in [0.25, 0.3) is 0 Å². The minimum Gasteiger partial charge on any atom is -0.389 e. The first-order valence-electron chi connectivity index (χ1n) is 7.40. The lowest BCUT2D eigenvalue weighted by atomic mass is 10.0. The van der Waals surface area contributed by atoms with Gasteiger partial charge in [0.2, 0.25) is 0 Å². The Hall–Kier alpha value is -1.09. The summed E-state index contributed by atoms with van der Waals surface area (Å²) in [6.45, 7) is 11.7. The normalized spacial score (nSPS) is 13.1. The maximum Gasteiger partial charge on any atom is 0.134 e. The lowest BCUT2D eigenvalue weighted by molar-refractivity contribution is 0.199. The van der Waals surface area contributed by atoms with Crippen molar-refractivity contribution in [1.29, 1.82) is 0 Å². The van der Waals surface area contributed by atoms with Crippen LogP contribution in [0, 0.1) is 5.92 Å². The summed E-state index contributed by atoms with van der Waals surface area (Å²) in [5, 5.41) is 9.95. The van der Waals surface area contributed by atoms with Gasteiger partial charge in [0.15, 0.2) is 0 Å². The van der Waals surface area contributed by atoms with Crippen molar-refractivity contribution in [2.75, 3.05) is 11.4 Å². The summed E-state index contributed by atoms with van der Waals surface area (Å²) < 4.78 is 0. The van der Waals surface area contributed by atoms with Crippen molar-refractivity contribution >= 4 is 5.82 Å². The molecule has 0 radical (unpaired) electrons. The van der Waals surface area contributed by atoms with E-state index in [9.17, 15) is 5.11 Å². The average Bonchev–Trinajstić information content (AvgIpc) is 2.38. The molecule has 0 fully saturated rings. The molecule has 0 aliphatic carbocycles. The fourth-order valence-electron chi connectivity index (χ4n) is 2.51. The standard InChI is InChI=1S/C16H28N2O/c1-6-14(7-2)18(11-12(3)4)16-15(13(5)19)9-8-10-17-16/h8-10,12-14,19H,6-7,11H2,1-5H3. The third-order valence-corrected chi connectivity index (χ3v) is 3.48. The van der Waals surface area contributed by atoms with Crippen molar-refractivity contribution in [2.24, 2.45) is 5.92 Å². The van der Waals surface area contributed by atoms with Gasteiger partial charge in [-0.2, -0.15) is 0 Å². The number of aliphatic hydroxyl groups is 1. The van der Waals surface area contributed by atoms with Crippen LogP contribution >= 0.6 is 0 Å². The van der Waals surface area contributed by atoms with E-state index in [1.165, 1.54) is 0 Å². The number of nitrogens with zero attached hydrogens (tertiary/aromatic N) is 2. The van der Waals surface area contributed by atoms with Crippen molar-refractivity contribution in [3.05, 3.63) is 23.9 Å². The molecule has 0 amide bonds. The number of aromatic nitrogens is 1. The maximum absolute atomic E-state index is 9.95. The fourth-order valence-corrected chi connectivity index (χ4v) is 2.51. The molecular formula is C16H28N2O. The Labute approximate surface area is 117 Å². The lowest BCUT2D eigenvalue weighted by Crippen LogP contribution is -2.38. The monoisotopic (exact) mass is 264 g/mol. The van der Waals surface area contributed by atoms with Crippen LogP contribution in [0.1, 0.15) is 59.1 Å². The molecule has 108 valence electrons. The first kappa shape index (κ1) is 16.0. The van der Waals surface area contributed by atoms with Crippen molar-refractivity contribution in [1.82, 2.24) is 4.98 Å². The molecule has 1 heterocycles. The van der Waals surface area contributed by atoms with Gasteiger partial charge in [0.1, 0.15) is 5.82 Å². The van der Waals surface area contributed by atoms with Crippen LogP contribution in [0.15, 0.2) is 18.3 Å². The number of hydrogen-bond acceptors (Lipinski definition) is 3. The minimum atomic E-state index is -0.479. The molecule has 3 nitrogen and oxygen atoms in total. The van der Waals surface area contributed by atoms with E-state index >= 15 is 0 Å². The summed E-state index contributed by atoms with van der Waals surface area (Å²) >= 11 is 0. The van der Waals surface area contributed by atoms with Gasteiger partial charge in [-0.3, -0.25) is 0 Å². The Balaban J connectivity index is 3.16. The summed E-state index contributed by atoms with van der Waals surface area (Å²) in [4.78, 5) is 6.90. The molecule has 1 atom stereocenters. The van der Waals surface area contributed by atoms with Gasteiger partial charge in [0.25, 0.3) is 0 Å². The first-order chi connectivity index (χ1) is 9.01. The van der Waals surface area contributed by atoms with Gasteiger partial charge < -0.3 is 10.0 Å². The molecule has 1 aromatic heterocycles. The zero-order valence-corrected chi connectivity index (χ0v) is 12.9. The summed E-state index contributed by atoms with van der Waals surface area (Å²) in [7, 11) is 0. The van der Waals surface area contributed by atoms with Gasteiger partial charge in [0, 0.05) is 24.3 Å². The predicted octanol–water partition coefficient (Wildman–Crippen LogP) is 3.79. The molecule has 0 aliphatic heterocycles. The summed E-state index contributed by atoms with van der Waals surface area (Å²) in [5.41, 5.74) is 0.926. The highest BCUT2D eigenvalue weighted by atomic mass is 16.3. The van der Waals surface area contributed by atoms with Crippen LogP contribution in [0.3, 0.4) is 0 Å². The third-order valence-electron chi connectivity index (χ3n) is 3.48. The van der Waals surface area contributed by atoms with Crippen molar-refractivity contribution in [3.63, 3.8) is 0 Å². The number of aliphatic hydroxyl groups excluding tert-OH is 1. The molecule has 1 N–H and O–H groups in total. The van der Waals surface area contributed by atoms with E-state index < -0.39 is 6.10 Å². The van der Waals surface area contributed by atoms with Crippen molar-refractivity contribution < 1.29 is 5.11 Å². The van der Waals surface area contributed by atoms with Gasteiger partial charge >= 0.3 is 0 Å². The van der Waals surface area contributed by atoms with Gasteiger partial charge in [-0.25, -0.2) is 4.98 Å². The summed E-state index contributed by atoms with van der Waals surface area (Å²) in [6.07, 6.45) is 3.53. The maximum atomic E-state index is 9.95. The Morgan fingerprint density at radius 1 is 1.21 bits per heavy atom. The third kappa shape index (κ3) is 4.20. The molecule has 3 heteroatoms. The van der Waals surface area contributed by atoms with Gasteiger partial charge in [-0.05, 0) is 31.7 Å². The van der Waals surface area contributed by atoms with E-state index in [0.717, 1.165) is 30.8 Å².